The van der Waals surface area contributed by atoms with Gasteiger partial charge in [0.2, 0.25) is 0 Å². The van der Waals surface area contributed by atoms with Crippen molar-refractivity contribution < 1.29 is 8.42 Å². The SMILES string of the molecule is CCc1cccc(C)c1NS(=O)(=O)c1cc(-c2ccc(=O)[nH]n2)cs1. The molecule has 0 radical (unpaired) electrons. The molecule has 0 saturated carbocycles. The van der Waals surface area contributed by atoms with Crippen LogP contribution >= 0.6 is 11.3 Å². The number of thiophene rings is 1. The summed E-state index contributed by atoms with van der Waals surface area (Å²) in [5.74, 6) is 0. The van der Waals surface area contributed by atoms with Crippen LogP contribution in [-0.2, 0) is 16.4 Å². The molecule has 0 spiro atoms. The fourth-order valence-electron chi connectivity index (χ4n) is 2.45. The van der Waals surface area contributed by atoms with Gasteiger partial charge in [0, 0.05) is 17.0 Å². The van der Waals surface area contributed by atoms with Crippen LogP contribution in [0.1, 0.15) is 18.1 Å². The van der Waals surface area contributed by atoms with Crippen LogP contribution in [0.5, 0.6) is 0 Å². The average molecular weight is 375 g/mol. The van der Waals surface area contributed by atoms with Crippen LogP contribution in [0.4, 0.5) is 5.69 Å². The first-order valence-electron chi connectivity index (χ1n) is 7.66. The van der Waals surface area contributed by atoms with Gasteiger partial charge in [-0.25, -0.2) is 13.5 Å². The second-order valence-electron chi connectivity index (χ2n) is 5.53. The van der Waals surface area contributed by atoms with E-state index in [-0.39, 0.29) is 9.77 Å². The summed E-state index contributed by atoms with van der Waals surface area (Å²) >= 11 is 1.11. The van der Waals surface area contributed by atoms with E-state index in [2.05, 4.69) is 14.9 Å². The van der Waals surface area contributed by atoms with Crippen LogP contribution in [0.3, 0.4) is 0 Å². The molecule has 0 aliphatic heterocycles. The Balaban J connectivity index is 1.94. The summed E-state index contributed by atoms with van der Waals surface area (Å²) in [6.45, 7) is 3.86. The molecule has 1 aromatic carbocycles. The summed E-state index contributed by atoms with van der Waals surface area (Å²) in [4.78, 5) is 11.1. The molecule has 0 atom stereocenters. The Kier molecular flexibility index (Phi) is 4.73. The van der Waals surface area contributed by atoms with Crippen molar-refractivity contribution in [3.05, 3.63) is 63.3 Å². The number of aryl methyl sites for hydroxylation is 2. The third-order valence-corrected chi connectivity index (χ3v) is 6.58. The van der Waals surface area contributed by atoms with E-state index in [1.54, 1.807) is 17.5 Å². The molecule has 2 aromatic heterocycles. The second-order valence-corrected chi connectivity index (χ2v) is 8.35. The number of H-pyrrole nitrogens is 1. The summed E-state index contributed by atoms with van der Waals surface area (Å²) in [6, 6.07) is 10.2. The monoisotopic (exact) mass is 375 g/mol. The van der Waals surface area contributed by atoms with Gasteiger partial charge in [-0.1, -0.05) is 25.1 Å². The Morgan fingerprint density at radius 2 is 2.04 bits per heavy atom. The zero-order valence-corrected chi connectivity index (χ0v) is 15.4. The third kappa shape index (κ3) is 3.64. The zero-order chi connectivity index (χ0) is 18.0. The summed E-state index contributed by atoms with van der Waals surface area (Å²) in [5, 5.41) is 7.97. The number of para-hydroxylation sites is 1. The highest BCUT2D eigenvalue weighted by atomic mass is 32.2. The summed E-state index contributed by atoms with van der Waals surface area (Å²) in [5.41, 5.74) is 3.30. The molecule has 3 rings (SSSR count). The molecule has 0 unspecified atom stereocenters. The Morgan fingerprint density at radius 3 is 2.72 bits per heavy atom. The van der Waals surface area contributed by atoms with Gasteiger partial charge in [0.05, 0.1) is 11.4 Å². The molecule has 8 heteroatoms. The number of hydrogen-bond acceptors (Lipinski definition) is 5. The number of rotatable bonds is 5. The summed E-state index contributed by atoms with van der Waals surface area (Å²) in [7, 11) is -3.69. The van der Waals surface area contributed by atoms with E-state index in [1.807, 2.05) is 32.0 Å². The smallest absolute Gasteiger partial charge is 0.271 e. The maximum absolute atomic E-state index is 12.7. The molecule has 0 aliphatic rings. The van der Waals surface area contributed by atoms with Crippen molar-refractivity contribution >= 4 is 27.0 Å². The van der Waals surface area contributed by atoms with Gasteiger partial charge in [0.1, 0.15) is 4.21 Å². The lowest BCUT2D eigenvalue weighted by molar-refractivity contribution is 0.603. The van der Waals surface area contributed by atoms with Gasteiger partial charge in [-0.15, -0.1) is 11.3 Å². The molecule has 0 bridgehead atoms. The first-order chi connectivity index (χ1) is 11.9. The van der Waals surface area contributed by atoms with Crippen LogP contribution in [0.25, 0.3) is 11.3 Å². The van der Waals surface area contributed by atoms with Gasteiger partial charge >= 0.3 is 0 Å². The Bertz CT molecular complexity index is 1050. The lowest BCUT2D eigenvalue weighted by Gasteiger charge is -2.13. The number of sulfonamides is 1. The fraction of sp³-hybridized carbons (Fsp3) is 0.176. The quantitative estimate of drug-likeness (QED) is 0.716. The highest BCUT2D eigenvalue weighted by Gasteiger charge is 2.20. The third-order valence-electron chi connectivity index (χ3n) is 3.79. The number of nitrogens with zero attached hydrogens (tertiary/aromatic N) is 1. The Hall–Kier alpha value is -2.45. The molecule has 2 heterocycles. The number of nitrogens with one attached hydrogen (secondary N) is 2. The highest BCUT2D eigenvalue weighted by molar-refractivity contribution is 7.94. The van der Waals surface area contributed by atoms with Crippen LogP contribution in [-0.4, -0.2) is 18.6 Å². The second kappa shape index (κ2) is 6.81. The lowest BCUT2D eigenvalue weighted by Crippen LogP contribution is -2.14. The van der Waals surface area contributed by atoms with Crippen LogP contribution < -0.4 is 10.3 Å². The van der Waals surface area contributed by atoms with Gasteiger partial charge in [0.25, 0.3) is 15.6 Å². The van der Waals surface area contributed by atoms with Crippen molar-refractivity contribution in [3.8, 4) is 11.3 Å². The first-order valence-corrected chi connectivity index (χ1v) is 10.0. The maximum Gasteiger partial charge on any atom is 0.271 e. The topological polar surface area (TPSA) is 91.9 Å². The van der Waals surface area contributed by atoms with Gasteiger partial charge in [0.15, 0.2) is 0 Å². The van der Waals surface area contributed by atoms with E-state index in [4.69, 9.17) is 0 Å². The average Bonchev–Trinajstić information content (AvgIpc) is 3.08. The molecular weight excluding hydrogens is 358 g/mol. The molecule has 0 aliphatic carbocycles. The van der Waals surface area contributed by atoms with Crippen LogP contribution in [0, 0.1) is 6.92 Å². The minimum atomic E-state index is -3.69. The standard InChI is InChI=1S/C17H17N3O3S2/c1-3-12-6-4-5-11(2)17(12)20-25(22,23)16-9-13(10-24-16)14-7-8-15(21)19-18-14/h4-10,20H,3H2,1-2H3,(H,19,21). The normalized spacial score (nSPS) is 11.4. The summed E-state index contributed by atoms with van der Waals surface area (Å²) < 4.78 is 28.4. The fourth-order valence-corrected chi connectivity index (χ4v) is 4.80. The molecule has 0 fully saturated rings. The molecule has 2 N–H and O–H groups in total. The van der Waals surface area contributed by atoms with Crippen LogP contribution in [0.2, 0.25) is 0 Å². The van der Waals surface area contributed by atoms with Crippen molar-refractivity contribution in [1.82, 2.24) is 10.2 Å². The predicted octanol–water partition coefficient (Wildman–Crippen LogP) is 3.17. The molecular formula is C17H17N3O3S2. The van der Waals surface area contributed by atoms with E-state index >= 15 is 0 Å². The lowest BCUT2D eigenvalue weighted by atomic mass is 10.1. The predicted molar refractivity (Wildman–Crippen MR) is 99.5 cm³/mol. The zero-order valence-electron chi connectivity index (χ0n) is 13.7. The minimum Gasteiger partial charge on any atom is -0.278 e. The maximum atomic E-state index is 12.7. The molecule has 0 amide bonds. The molecule has 6 nitrogen and oxygen atoms in total. The van der Waals surface area contributed by atoms with E-state index in [9.17, 15) is 13.2 Å². The van der Waals surface area contributed by atoms with Gasteiger partial charge in [-0.3, -0.25) is 9.52 Å². The first kappa shape index (κ1) is 17.4. The Morgan fingerprint density at radius 1 is 1.24 bits per heavy atom. The highest BCUT2D eigenvalue weighted by Crippen LogP contribution is 2.30. The van der Waals surface area contributed by atoms with Gasteiger partial charge in [-0.2, -0.15) is 5.10 Å². The molecule has 130 valence electrons. The Labute approximate surface area is 149 Å². The van der Waals surface area contributed by atoms with Crippen molar-refractivity contribution in [2.45, 2.75) is 24.5 Å². The van der Waals surface area contributed by atoms with Crippen molar-refractivity contribution in [1.29, 1.82) is 0 Å². The van der Waals surface area contributed by atoms with E-state index in [0.29, 0.717) is 16.9 Å². The summed E-state index contributed by atoms with van der Waals surface area (Å²) in [6.07, 6.45) is 0.733. The van der Waals surface area contributed by atoms with E-state index in [1.165, 1.54) is 6.07 Å². The van der Waals surface area contributed by atoms with Crippen molar-refractivity contribution in [2.24, 2.45) is 0 Å². The van der Waals surface area contributed by atoms with Crippen molar-refractivity contribution in [3.63, 3.8) is 0 Å². The van der Waals surface area contributed by atoms with Crippen LogP contribution in [0.15, 0.2) is 50.8 Å². The van der Waals surface area contributed by atoms with Gasteiger partial charge < -0.3 is 0 Å². The molecule has 0 saturated heterocycles. The number of benzene rings is 1. The number of hydrogen-bond donors (Lipinski definition) is 2. The number of anilines is 1. The van der Waals surface area contributed by atoms with Gasteiger partial charge in [-0.05, 0) is 36.6 Å². The largest absolute Gasteiger partial charge is 0.278 e. The number of aromatic amines is 1. The molecule has 3 aromatic rings. The van der Waals surface area contributed by atoms with E-state index in [0.717, 1.165) is 28.9 Å². The molecule has 25 heavy (non-hydrogen) atoms. The number of aromatic nitrogens is 2. The van der Waals surface area contributed by atoms with E-state index < -0.39 is 10.0 Å². The van der Waals surface area contributed by atoms with Crippen molar-refractivity contribution in [2.75, 3.05) is 4.72 Å². The minimum absolute atomic E-state index is 0.195.